The molecule has 0 bridgehead atoms. The summed E-state index contributed by atoms with van der Waals surface area (Å²) in [5.74, 6) is -3.52. The number of benzene rings is 2. The number of halogens is 3. The van der Waals surface area contributed by atoms with Crippen molar-refractivity contribution in [2.45, 2.75) is 6.92 Å². The van der Waals surface area contributed by atoms with E-state index in [9.17, 15) is 28.0 Å². The van der Waals surface area contributed by atoms with Crippen LogP contribution in [0, 0.1) is 28.8 Å². The third-order valence-electron chi connectivity index (χ3n) is 3.93. The van der Waals surface area contributed by atoms with Gasteiger partial charge in [-0.15, -0.1) is 11.3 Å². The fourth-order valence-corrected chi connectivity index (χ4v) is 3.38. The Morgan fingerprint density at radius 2 is 1.81 bits per heavy atom. The van der Waals surface area contributed by atoms with E-state index in [0.29, 0.717) is 11.8 Å². The molecule has 3 aromatic rings. The maximum absolute atomic E-state index is 14.2. The van der Waals surface area contributed by atoms with Crippen molar-refractivity contribution in [1.82, 2.24) is 4.98 Å². The van der Waals surface area contributed by atoms with Crippen LogP contribution in [-0.2, 0) is 9.59 Å². The lowest BCUT2D eigenvalue weighted by Crippen LogP contribution is -2.23. The lowest BCUT2D eigenvalue weighted by molar-refractivity contribution is -0.116. The molecule has 0 fully saturated rings. The first-order chi connectivity index (χ1) is 14.8. The summed E-state index contributed by atoms with van der Waals surface area (Å²) in [6.07, 6.45) is 1.19. The van der Waals surface area contributed by atoms with Crippen LogP contribution in [-0.4, -0.2) is 16.8 Å². The molecule has 3 rings (SSSR count). The molecule has 0 saturated carbocycles. The van der Waals surface area contributed by atoms with Crippen molar-refractivity contribution in [3.63, 3.8) is 0 Å². The summed E-state index contributed by atoms with van der Waals surface area (Å²) in [5.41, 5.74) is -0.00233. The first-order valence-electron chi connectivity index (χ1n) is 8.68. The summed E-state index contributed by atoms with van der Waals surface area (Å²) in [6, 6.07) is 9.50. The number of rotatable bonds is 5. The molecule has 0 saturated heterocycles. The molecular formula is C21H13F3N4O2S. The number of hydrogen-bond donors (Lipinski definition) is 1. The van der Waals surface area contributed by atoms with Crippen molar-refractivity contribution in [1.29, 1.82) is 5.26 Å². The van der Waals surface area contributed by atoms with Gasteiger partial charge in [0.2, 0.25) is 5.91 Å². The molecule has 156 valence electrons. The second-order valence-corrected chi connectivity index (χ2v) is 6.97. The van der Waals surface area contributed by atoms with E-state index in [1.807, 2.05) is 0 Å². The molecule has 1 heterocycles. The Kier molecular flexibility index (Phi) is 6.47. The lowest BCUT2D eigenvalue weighted by atomic mass is 10.2. The van der Waals surface area contributed by atoms with Crippen LogP contribution in [0.3, 0.4) is 0 Å². The Morgan fingerprint density at radius 1 is 1.13 bits per heavy atom. The van der Waals surface area contributed by atoms with E-state index in [0.717, 1.165) is 40.5 Å². The minimum absolute atomic E-state index is 0.0699. The third-order valence-corrected chi connectivity index (χ3v) is 4.77. The number of nitrogens with zero attached hydrogens (tertiary/aromatic N) is 3. The smallest absolute Gasteiger partial charge is 0.266 e. The highest BCUT2D eigenvalue weighted by atomic mass is 32.1. The fourth-order valence-electron chi connectivity index (χ4n) is 2.54. The van der Waals surface area contributed by atoms with Crippen LogP contribution in [0.15, 0.2) is 53.4 Å². The van der Waals surface area contributed by atoms with Crippen molar-refractivity contribution in [2.24, 2.45) is 0 Å². The predicted octanol–water partition coefficient (Wildman–Crippen LogP) is 4.79. The van der Waals surface area contributed by atoms with Gasteiger partial charge in [-0.1, -0.05) is 0 Å². The molecule has 10 heteroatoms. The quantitative estimate of drug-likeness (QED) is 0.455. The number of amides is 2. The van der Waals surface area contributed by atoms with E-state index >= 15 is 0 Å². The van der Waals surface area contributed by atoms with Gasteiger partial charge in [-0.3, -0.25) is 14.5 Å². The standard InChI is InChI=1S/C21H13F3N4O2S/c1-12(29)28(19-7-4-15(23)9-18(19)24)21-27-17(11-31-21)8-13(10-25)20(30)26-16-5-2-14(22)3-6-16/h2-9,11H,1H3,(H,26,30)/b13-8+. The summed E-state index contributed by atoms with van der Waals surface area (Å²) >= 11 is 0.970. The number of nitrogens with one attached hydrogen (secondary N) is 1. The summed E-state index contributed by atoms with van der Waals surface area (Å²) in [6.45, 7) is 1.19. The van der Waals surface area contributed by atoms with Gasteiger partial charge in [-0.25, -0.2) is 18.2 Å². The molecular weight excluding hydrogens is 429 g/mol. The van der Waals surface area contributed by atoms with E-state index in [4.69, 9.17) is 0 Å². The Balaban J connectivity index is 1.87. The van der Waals surface area contributed by atoms with E-state index in [1.165, 1.54) is 30.5 Å². The van der Waals surface area contributed by atoms with E-state index in [2.05, 4.69) is 10.3 Å². The second kappa shape index (κ2) is 9.23. The molecule has 2 aromatic carbocycles. The molecule has 0 unspecified atom stereocenters. The summed E-state index contributed by atoms with van der Waals surface area (Å²) in [5, 5.41) is 13.3. The zero-order valence-electron chi connectivity index (χ0n) is 15.9. The number of carbonyl (C=O) groups excluding carboxylic acids is 2. The molecule has 31 heavy (non-hydrogen) atoms. The topological polar surface area (TPSA) is 86.1 Å². The Morgan fingerprint density at radius 3 is 2.42 bits per heavy atom. The van der Waals surface area contributed by atoms with Crippen molar-refractivity contribution in [2.75, 3.05) is 10.2 Å². The minimum atomic E-state index is -0.945. The van der Waals surface area contributed by atoms with Crippen LogP contribution < -0.4 is 10.2 Å². The largest absolute Gasteiger partial charge is 0.321 e. The summed E-state index contributed by atoms with van der Waals surface area (Å²) in [7, 11) is 0. The number of aromatic nitrogens is 1. The van der Waals surface area contributed by atoms with Gasteiger partial charge in [0.15, 0.2) is 5.13 Å². The molecule has 0 radical (unpaired) electrons. The van der Waals surface area contributed by atoms with Crippen molar-refractivity contribution in [3.8, 4) is 6.07 Å². The molecule has 0 atom stereocenters. The van der Waals surface area contributed by atoms with Crippen LogP contribution in [0.25, 0.3) is 6.08 Å². The highest BCUT2D eigenvalue weighted by Gasteiger charge is 2.22. The summed E-state index contributed by atoms with van der Waals surface area (Å²) in [4.78, 5) is 29.5. The van der Waals surface area contributed by atoms with Crippen LogP contribution >= 0.6 is 11.3 Å². The maximum Gasteiger partial charge on any atom is 0.266 e. The number of carbonyl (C=O) groups is 2. The maximum atomic E-state index is 14.2. The lowest BCUT2D eigenvalue weighted by Gasteiger charge is -2.18. The van der Waals surface area contributed by atoms with Crippen LogP contribution in [0.5, 0.6) is 0 Å². The first kappa shape index (κ1) is 21.7. The highest BCUT2D eigenvalue weighted by Crippen LogP contribution is 2.31. The summed E-state index contributed by atoms with van der Waals surface area (Å²) < 4.78 is 40.3. The van der Waals surface area contributed by atoms with Crippen molar-refractivity contribution < 1.29 is 22.8 Å². The minimum Gasteiger partial charge on any atom is -0.321 e. The van der Waals surface area contributed by atoms with Crippen molar-refractivity contribution >= 4 is 45.7 Å². The Labute approximate surface area is 178 Å². The van der Waals surface area contributed by atoms with E-state index in [-0.39, 0.29) is 22.1 Å². The average molecular weight is 442 g/mol. The first-order valence-corrected chi connectivity index (χ1v) is 9.56. The number of thiazole rings is 1. The van der Waals surface area contributed by atoms with Gasteiger partial charge in [-0.2, -0.15) is 5.26 Å². The number of anilines is 3. The Hall–Kier alpha value is -3.97. The zero-order chi connectivity index (χ0) is 22.5. The van der Waals surface area contributed by atoms with Crippen molar-refractivity contribution in [3.05, 3.63) is 76.6 Å². The SMILES string of the molecule is CC(=O)N(c1nc(/C=C(\C#N)C(=O)Nc2ccc(F)cc2)cs1)c1ccc(F)cc1F. The molecule has 6 nitrogen and oxygen atoms in total. The average Bonchev–Trinajstić information content (AvgIpc) is 3.17. The molecule has 1 N–H and O–H groups in total. The number of nitriles is 1. The third kappa shape index (κ3) is 5.15. The van der Waals surface area contributed by atoms with Gasteiger partial charge in [0.25, 0.3) is 5.91 Å². The van der Waals surface area contributed by atoms with E-state index in [1.54, 1.807) is 6.07 Å². The molecule has 0 aliphatic carbocycles. The molecule has 2 amide bonds. The predicted molar refractivity (Wildman–Crippen MR) is 110 cm³/mol. The molecule has 1 aromatic heterocycles. The Bertz CT molecular complexity index is 1220. The molecule has 0 spiro atoms. The monoisotopic (exact) mass is 442 g/mol. The second-order valence-electron chi connectivity index (χ2n) is 6.14. The van der Waals surface area contributed by atoms with Crippen LogP contribution in [0.2, 0.25) is 0 Å². The van der Waals surface area contributed by atoms with Gasteiger partial charge in [0, 0.05) is 24.1 Å². The van der Waals surface area contributed by atoms with Gasteiger partial charge in [-0.05, 0) is 42.5 Å². The van der Waals surface area contributed by atoms with Gasteiger partial charge >= 0.3 is 0 Å². The van der Waals surface area contributed by atoms with Crippen LogP contribution in [0.4, 0.5) is 29.7 Å². The molecule has 0 aliphatic heterocycles. The van der Waals surface area contributed by atoms with Gasteiger partial charge in [0.05, 0.1) is 11.4 Å². The van der Waals surface area contributed by atoms with E-state index < -0.39 is 29.3 Å². The van der Waals surface area contributed by atoms with Gasteiger partial charge < -0.3 is 5.32 Å². The highest BCUT2D eigenvalue weighted by molar-refractivity contribution is 7.14. The normalized spacial score (nSPS) is 11.0. The van der Waals surface area contributed by atoms with Crippen LogP contribution in [0.1, 0.15) is 12.6 Å². The number of hydrogen-bond acceptors (Lipinski definition) is 5. The molecule has 0 aliphatic rings. The van der Waals surface area contributed by atoms with Gasteiger partial charge in [0.1, 0.15) is 29.1 Å². The fraction of sp³-hybridized carbons (Fsp3) is 0.0476. The zero-order valence-corrected chi connectivity index (χ0v) is 16.7.